The Labute approximate surface area is 89.4 Å². The minimum Gasteiger partial charge on any atom is -0.249 e. The number of hydrogen-bond donors (Lipinski definition) is 0. The molecule has 0 N–H and O–H groups in total. The van der Waals surface area contributed by atoms with E-state index in [0.717, 1.165) is 19.4 Å². The number of nitrogens with zero attached hydrogens (tertiary/aromatic N) is 3. The first-order valence-electron chi connectivity index (χ1n) is 5.35. The lowest BCUT2D eigenvalue weighted by atomic mass is 10.0. The van der Waals surface area contributed by atoms with Crippen LogP contribution in [0.4, 0.5) is 0 Å². The minimum atomic E-state index is 0.282. The number of alkyl halides is 1. The van der Waals surface area contributed by atoms with Crippen molar-refractivity contribution in [3.8, 4) is 0 Å². The van der Waals surface area contributed by atoms with Gasteiger partial charge in [-0.15, -0.1) is 16.7 Å². The third-order valence-electron chi connectivity index (χ3n) is 2.89. The van der Waals surface area contributed by atoms with Crippen molar-refractivity contribution in [2.45, 2.75) is 50.4 Å². The summed E-state index contributed by atoms with van der Waals surface area (Å²) in [7, 11) is 0. The fraction of sp³-hybridized carbons (Fsp3) is 0.800. The summed E-state index contributed by atoms with van der Waals surface area (Å²) in [5.41, 5.74) is 1.23. The van der Waals surface area contributed by atoms with Crippen molar-refractivity contribution in [1.29, 1.82) is 0 Å². The summed E-state index contributed by atoms with van der Waals surface area (Å²) >= 11 is 6.27. The van der Waals surface area contributed by atoms with E-state index in [0.29, 0.717) is 5.92 Å². The zero-order chi connectivity index (χ0) is 9.97. The summed E-state index contributed by atoms with van der Waals surface area (Å²) in [6.07, 6.45) is 6.52. The molecule has 0 radical (unpaired) electrons. The molecule has 78 valence electrons. The number of aromatic nitrogens is 3. The summed E-state index contributed by atoms with van der Waals surface area (Å²) in [6, 6.07) is 0. The Kier molecular flexibility index (Phi) is 3.06. The minimum absolute atomic E-state index is 0.282. The van der Waals surface area contributed by atoms with Crippen molar-refractivity contribution in [2.75, 3.05) is 0 Å². The summed E-state index contributed by atoms with van der Waals surface area (Å²) in [5.74, 6) is 0.471. The van der Waals surface area contributed by atoms with E-state index in [1.807, 2.05) is 10.9 Å². The molecular formula is C10H16ClN3. The molecule has 0 aromatic carbocycles. The van der Waals surface area contributed by atoms with Crippen molar-refractivity contribution in [2.24, 2.45) is 0 Å². The SMILES string of the molecule is CCCn1nncc1C1CCCC1Cl. The lowest BCUT2D eigenvalue weighted by Crippen LogP contribution is -2.12. The molecule has 0 aliphatic heterocycles. The maximum atomic E-state index is 6.27. The van der Waals surface area contributed by atoms with E-state index < -0.39 is 0 Å². The van der Waals surface area contributed by atoms with E-state index in [9.17, 15) is 0 Å². The first-order chi connectivity index (χ1) is 6.83. The second-order valence-electron chi connectivity index (χ2n) is 3.94. The quantitative estimate of drug-likeness (QED) is 0.723. The lowest BCUT2D eigenvalue weighted by Gasteiger charge is -2.14. The van der Waals surface area contributed by atoms with Gasteiger partial charge < -0.3 is 0 Å². The molecule has 4 heteroatoms. The highest BCUT2D eigenvalue weighted by Crippen LogP contribution is 2.37. The Morgan fingerprint density at radius 1 is 1.57 bits per heavy atom. The maximum absolute atomic E-state index is 6.27. The first-order valence-corrected chi connectivity index (χ1v) is 5.79. The number of rotatable bonds is 3. The Balaban J connectivity index is 2.17. The molecule has 1 heterocycles. The van der Waals surface area contributed by atoms with Crippen LogP contribution >= 0.6 is 11.6 Å². The van der Waals surface area contributed by atoms with Crippen LogP contribution in [0, 0.1) is 0 Å². The molecule has 3 nitrogen and oxygen atoms in total. The summed E-state index contributed by atoms with van der Waals surface area (Å²) in [6.45, 7) is 3.10. The van der Waals surface area contributed by atoms with Gasteiger partial charge in [0.05, 0.1) is 11.9 Å². The van der Waals surface area contributed by atoms with Gasteiger partial charge in [-0.1, -0.05) is 18.6 Å². The van der Waals surface area contributed by atoms with Crippen LogP contribution in [-0.2, 0) is 6.54 Å². The van der Waals surface area contributed by atoms with Gasteiger partial charge in [-0.3, -0.25) is 0 Å². The molecule has 2 atom stereocenters. The van der Waals surface area contributed by atoms with Gasteiger partial charge >= 0.3 is 0 Å². The van der Waals surface area contributed by atoms with Crippen LogP contribution in [0.2, 0.25) is 0 Å². The number of halogens is 1. The van der Waals surface area contributed by atoms with Crippen LogP contribution in [0.25, 0.3) is 0 Å². The summed E-state index contributed by atoms with van der Waals surface area (Å²) in [4.78, 5) is 0. The first kappa shape index (κ1) is 9.97. The highest BCUT2D eigenvalue weighted by atomic mass is 35.5. The normalized spacial score (nSPS) is 27.0. The topological polar surface area (TPSA) is 30.7 Å². The van der Waals surface area contributed by atoms with Crippen molar-refractivity contribution in [3.05, 3.63) is 11.9 Å². The molecule has 1 aliphatic carbocycles. The van der Waals surface area contributed by atoms with Crippen molar-refractivity contribution < 1.29 is 0 Å². The monoisotopic (exact) mass is 213 g/mol. The Bertz CT molecular complexity index is 297. The average molecular weight is 214 g/mol. The van der Waals surface area contributed by atoms with Gasteiger partial charge in [0.1, 0.15) is 0 Å². The largest absolute Gasteiger partial charge is 0.249 e. The van der Waals surface area contributed by atoms with Crippen molar-refractivity contribution >= 4 is 11.6 Å². The van der Waals surface area contributed by atoms with Crippen molar-refractivity contribution in [1.82, 2.24) is 15.0 Å². The highest BCUT2D eigenvalue weighted by molar-refractivity contribution is 6.21. The third kappa shape index (κ3) is 1.78. The molecule has 0 saturated heterocycles. The van der Waals surface area contributed by atoms with E-state index in [1.165, 1.54) is 18.5 Å². The van der Waals surface area contributed by atoms with Crippen LogP contribution in [0.3, 0.4) is 0 Å². The second kappa shape index (κ2) is 4.30. The predicted octanol–water partition coefficient (Wildman–Crippen LogP) is 2.56. The molecule has 0 amide bonds. The van der Waals surface area contributed by atoms with Gasteiger partial charge in [-0.05, 0) is 19.3 Å². The fourth-order valence-corrected chi connectivity index (χ4v) is 2.60. The molecule has 2 unspecified atom stereocenters. The highest BCUT2D eigenvalue weighted by Gasteiger charge is 2.29. The molecule has 2 rings (SSSR count). The molecule has 0 bridgehead atoms. The second-order valence-corrected chi connectivity index (χ2v) is 4.50. The van der Waals surface area contributed by atoms with Crippen LogP contribution in [0.5, 0.6) is 0 Å². The molecule has 1 saturated carbocycles. The van der Waals surface area contributed by atoms with Gasteiger partial charge in [-0.25, -0.2) is 4.68 Å². The van der Waals surface area contributed by atoms with Gasteiger partial charge in [0.25, 0.3) is 0 Å². The zero-order valence-corrected chi connectivity index (χ0v) is 9.24. The van der Waals surface area contributed by atoms with E-state index in [2.05, 4.69) is 17.2 Å². The summed E-state index contributed by atoms with van der Waals surface area (Å²) < 4.78 is 2.01. The smallest absolute Gasteiger partial charge is 0.0728 e. The molecule has 1 aliphatic rings. The Morgan fingerprint density at radius 2 is 2.43 bits per heavy atom. The Hall–Kier alpha value is -0.570. The van der Waals surface area contributed by atoms with Crippen LogP contribution in [0.15, 0.2) is 6.20 Å². The molecule has 1 aromatic heterocycles. The average Bonchev–Trinajstić information content (AvgIpc) is 2.74. The van der Waals surface area contributed by atoms with E-state index in [-0.39, 0.29) is 5.38 Å². The third-order valence-corrected chi connectivity index (χ3v) is 3.42. The molecule has 0 spiro atoms. The van der Waals surface area contributed by atoms with Crippen molar-refractivity contribution in [3.63, 3.8) is 0 Å². The molecule has 1 fully saturated rings. The number of hydrogen-bond acceptors (Lipinski definition) is 2. The molecule has 14 heavy (non-hydrogen) atoms. The van der Waals surface area contributed by atoms with Crippen LogP contribution in [0.1, 0.15) is 44.2 Å². The van der Waals surface area contributed by atoms with E-state index in [4.69, 9.17) is 11.6 Å². The van der Waals surface area contributed by atoms with Gasteiger partial charge in [0.15, 0.2) is 0 Å². The van der Waals surface area contributed by atoms with Gasteiger partial charge in [0, 0.05) is 17.8 Å². The van der Waals surface area contributed by atoms with E-state index >= 15 is 0 Å². The predicted molar refractivity (Wildman–Crippen MR) is 56.5 cm³/mol. The van der Waals surface area contributed by atoms with E-state index in [1.54, 1.807) is 0 Å². The van der Waals surface area contributed by atoms with Crippen LogP contribution in [-0.4, -0.2) is 20.4 Å². The molecular weight excluding hydrogens is 198 g/mol. The lowest BCUT2D eigenvalue weighted by molar-refractivity contribution is 0.527. The number of aryl methyl sites for hydroxylation is 1. The molecule has 1 aromatic rings. The van der Waals surface area contributed by atoms with Gasteiger partial charge in [0.2, 0.25) is 0 Å². The maximum Gasteiger partial charge on any atom is 0.0728 e. The summed E-state index contributed by atoms with van der Waals surface area (Å²) in [5, 5.41) is 8.35. The van der Waals surface area contributed by atoms with Crippen LogP contribution < -0.4 is 0 Å². The van der Waals surface area contributed by atoms with Gasteiger partial charge in [-0.2, -0.15) is 0 Å². The zero-order valence-electron chi connectivity index (χ0n) is 8.49. The Morgan fingerprint density at radius 3 is 3.07 bits per heavy atom. The standard InChI is InChI=1S/C10H16ClN3/c1-2-6-14-10(7-12-13-14)8-4-3-5-9(8)11/h7-9H,2-6H2,1H3. The fourth-order valence-electron chi connectivity index (χ4n) is 2.19.